The van der Waals surface area contributed by atoms with Gasteiger partial charge in [0.2, 0.25) is 0 Å². The van der Waals surface area contributed by atoms with Gasteiger partial charge < -0.3 is 14.7 Å². The Morgan fingerprint density at radius 1 is 1.19 bits per heavy atom. The second-order valence-corrected chi connectivity index (χ2v) is 5.93. The highest BCUT2D eigenvalue weighted by Gasteiger charge is 2.40. The Bertz CT molecular complexity index is 468. The van der Waals surface area contributed by atoms with E-state index in [2.05, 4.69) is 4.90 Å². The Balaban J connectivity index is 1.34. The van der Waals surface area contributed by atoms with Gasteiger partial charge in [-0.1, -0.05) is 30.3 Å². The van der Waals surface area contributed by atoms with Gasteiger partial charge >= 0.3 is 6.09 Å². The number of rotatable bonds is 5. The zero-order valence-corrected chi connectivity index (χ0v) is 12.1. The molecule has 0 spiro atoms. The quantitative estimate of drug-likeness (QED) is 0.888. The summed E-state index contributed by atoms with van der Waals surface area (Å²) in [6.07, 6.45) is 0.675. The SMILES string of the molecule is O=C(OCc1ccccc1)N1CC(N2CC(CCO)C2)C1. The molecule has 0 aliphatic carbocycles. The fourth-order valence-electron chi connectivity index (χ4n) is 2.92. The number of hydrogen-bond donors (Lipinski definition) is 1. The Labute approximate surface area is 125 Å². The third-order valence-electron chi connectivity index (χ3n) is 4.36. The number of benzene rings is 1. The molecule has 21 heavy (non-hydrogen) atoms. The van der Waals surface area contributed by atoms with Gasteiger partial charge in [0.05, 0.1) is 0 Å². The van der Waals surface area contributed by atoms with Gasteiger partial charge in [-0.05, 0) is 17.9 Å². The first-order valence-corrected chi connectivity index (χ1v) is 7.57. The van der Waals surface area contributed by atoms with Gasteiger partial charge in [-0.2, -0.15) is 0 Å². The maximum Gasteiger partial charge on any atom is 0.410 e. The largest absolute Gasteiger partial charge is 0.445 e. The van der Waals surface area contributed by atoms with Crippen molar-refractivity contribution in [3.63, 3.8) is 0 Å². The van der Waals surface area contributed by atoms with Crippen LogP contribution in [0.15, 0.2) is 30.3 Å². The molecule has 0 aromatic heterocycles. The van der Waals surface area contributed by atoms with Crippen molar-refractivity contribution < 1.29 is 14.6 Å². The summed E-state index contributed by atoms with van der Waals surface area (Å²) in [6, 6.07) is 10.2. The van der Waals surface area contributed by atoms with Gasteiger partial charge in [-0.25, -0.2) is 4.79 Å². The average molecular weight is 290 g/mol. The summed E-state index contributed by atoms with van der Waals surface area (Å²) in [6.45, 7) is 4.25. The molecular weight excluding hydrogens is 268 g/mol. The molecule has 2 aliphatic heterocycles. The first-order chi connectivity index (χ1) is 10.3. The molecule has 1 aromatic rings. The van der Waals surface area contributed by atoms with Crippen LogP contribution in [0.25, 0.3) is 0 Å². The van der Waals surface area contributed by atoms with Crippen molar-refractivity contribution in [2.24, 2.45) is 5.92 Å². The maximum atomic E-state index is 11.9. The minimum atomic E-state index is -0.220. The molecule has 0 unspecified atom stereocenters. The van der Waals surface area contributed by atoms with E-state index in [0.717, 1.165) is 38.2 Å². The van der Waals surface area contributed by atoms with Crippen molar-refractivity contribution >= 4 is 6.09 Å². The summed E-state index contributed by atoms with van der Waals surface area (Å²) in [5, 5.41) is 8.88. The van der Waals surface area contributed by atoms with Crippen molar-refractivity contribution in [3.8, 4) is 0 Å². The lowest BCUT2D eigenvalue weighted by Gasteiger charge is -2.51. The van der Waals surface area contributed by atoms with E-state index in [0.29, 0.717) is 18.6 Å². The van der Waals surface area contributed by atoms with E-state index in [4.69, 9.17) is 9.84 Å². The lowest BCUT2D eigenvalue weighted by Crippen LogP contribution is -2.66. The molecule has 2 fully saturated rings. The first-order valence-electron chi connectivity index (χ1n) is 7.57. The van der Waals surface area contributed by atoms with E-state index >= 15 is 0 Å². The van der Waals surface area contributed by atoms with Crippen molar-refractivity contribution in [1.29, 1.82) is 0 Å². The molecular formula is C16H22N2O3. The number of aliphatic hydroxyl groups is 1. The lowest BCUT2D eigenvalue weighted by molar-refractivity contribution is -0.0345. The zero-order valence-electron chi connectivity index (χ0n) is 12.1. The molecule has 1 amide bonds. The van der Waals surface area contributed by atoms with Crippen LogP contribution in [0.1, 0.15) is 12.0 Å². The molecule has 1 N–H and O–H groups in total. The first kappa shape index (κ1) is 14.4. The van der Waals surface area contributed by atoms with Crippen LogP contribution in [0.3, 0.4) is 0 Å². The van der Waals surface area contributed by atoms with Gasteiger partial charge in [-0.3, -0.25) is 4.90 Å². The molecule has 5 heteroatoms. The smallest absolute Gasteiger partial charge is 0.410 e. The number of amides is 1. The van der Waals surface area contributed by atoms with E-state index in [1.54, 1.807) is 4.90 Å². The topological polar surface area (TPSA) is 53.0 Å². The predicted molar refractivity (Wildman–Crippen MR) is 78.8 cm³/mol. The second kappa shape index (κ2) is 6.45. The lowest BCUT2D eigenvalue weighted by atomic mass is 9.92. The predicted octanol–water partition coefficient (Wildman–Crippen LogP) is 1.32. The number of aliphatic hydroxyl groups excluding tert-OH is 1. The van der Waals surface area contributed by atoms with Gasteiger partial charge in [0.25, 0.3) is 0 Å². The monoisotopic (exact) mass is 290 g/mol. The molecule has 0 bridgehead atoms. The molecule has 2 aliphatic rings. The van der Waals surface area contributed by atoms with Crippen LogP contribution < -0.4 is 0 Å². The van der Waals surface area contributed by atoms with Crippen molar-refractivity contribution in [1.82, 2.24) is 9.80 Å². The van der Waals surface area contributed by atoms with Crippen LogP contribution in [0.5, 0.6) is 0 Å². The fraction of sp³-hybridized carbons (Fsp3) is 0.562. The molecule has 1 aromatic carbocycles. The molecule has 2 heterocycles. The molecule has 114 valence electrons. The number of ether oxygens (including phenoxy) is 1. The highest BCUT2D eigenvalue weighted by Crippen LogP contribution is 2.26. The average Bonchev–Trinajstić information content (AvgIpc) is 2.42. The van der Waals surface area contributed by atoms with Crippen LogP contribution in [-0.4, -0.2) is 59.8 Å². The normalized spacial score (nSPS) is 20.0. The van der Waals surface area contributed by atoms with E-state index in [1.807, 2.05) is 30.3 Å². The fourth-order valence-corrected chi connectivity index (χ4v) is 2.92. The highest BCUT2D eigenvalue weighted by molar-refractivity contribution is 5.68. The van der Waals surface area contributed by atoms with Crippen molar-refractivity contribution in [2.45, 2.75) is 19.1 Å². The molecule has 5 nitrogen and oxygen atoms in total. The molecule has 0 saturated carbocycles. The van der Waals surface area contributed by atoms with E-state index in [9.17, 15) is 4.79 Å². The number of nitrogens with zero attached hydrogens (tertiary/aromatic N) is 2. The summed E-state index contributed by atoms with van der Waals surface area (Å²) < 4.78 is 5.31. The minimum Gasteiger partial charge on any atom is -0.445 e. The summed E-state index contributed by atoms with van der Waals surface area (Å²) in [5.41, 5.74) is 1.01. The van der Waals surface area contributed by atoms with Gasteiger partial charge in [0, 0.05) is 38.8 Å². The summed E-state index contributed by atoms with van der Waals surface area (Å²) in [5.74, 6) is 0.633. The van der Waals surface area contributed by atoms with Crippen LogP contribution in [0.4, 0.5) is 4.79 Å². The van der Waals surface area contributed by atoms with Gasteiger partial charge in [0.1, 0.15) is 6.61 Å². The highest BCUT2D eigenvalue weighted by atomic mass is 16.6. The van der Waals surface area contributed by atoms with Crippen LogP contribution in [0, 0.1) is 5.92 Å². The zero-order chi connectivity index (χ0) is 14.7. The summed E-state index contributed by atoms with van der Waals surface area (Å²) in [4.78, 5) is 16.0. The van der Waals surface area contributed by atoms with Gasteiger partial charge in [0.15, 0.2) is 0 Å². The number of likely N-dealkylation sites (tertiary alicyclic amines) is 2. The van der Waals surface area contributed by atoms with Crippen LogP contribution >= 0.6 is 0 Å². The Morgan fingerprint density at radius 3 is 2.57 bits per heavy atom. The van der Waals surface area contributed by atoms with E-state index in [1.165, 1.54) is 0 Å². The van der Waals surface area contributed by atoms with Gasteiger partial charge in [-0.15, -0.1) is 0 Å². The van der Waals surface area contributed by atoms with Crippen molar-refractivity contribution in [3.05, 3.63) is 35.9 Å². The summed E-state index contributed by atoms with van der Waals surface area (Å²) >= 11 is 0. The summed E-state index contributed by atoms with van der Waals surface area (Å²) in [7, 11) is 0. The van der Waals surface area contributed by atoms with E-state index < -0.39 is 0 Å². The number of carbonyl (C=O) groups is 1. The third-order valence-corrected chi connectivity index (χ3v) is 4.36. The van der Waals surface area contributed by atoms with Crippen LogP contribution in [0.2, 0.25) is 0 Å². The molecule has 3 rings (SSSR count). The Morgan fingerprint density at radius 2 is 1.90 bits per heavy atom. The Kier molecular flexibility index (Phi) is 4.41. The molecule has 0 radical (unpaired) electrons. The van der Waals surface area contributed by atoms with Crippen LogP contribution in [-0.2, 0) is 11.3 Å². The number of hydrogen-bond acceptors (Lipinski definition) is 4. The van der Waals surface area contributed by atoms with E-state index in [-0.39, 0.29) is 12.7 Å². The standard InChI is InChI=1S/C16H22N2O3/c19-7-6-14-8-17(9-14)15-10-18(11-15)16(20)21-12-13-4-2-1-3-5-13/h1-5,14-15,19H,6-12H2. The maximum absolute atomic E-state index is 11.9. The number of carbonyl (C=O) groups excluding carboxylic acids is 1. The third kappa shape index (κ3) is 3.36. The molecule has 0 atom stereocenters. The molecule has 2 saturated heterocycles. The second-order valence-electron chi connectivity index (χ2n) is 5.93. The van der Waals surface area contributed by atoms with Crippen molar-refractivity contribution in [2.75, 3.05) is 32.8 Å². The Hall–Kier alpha value is -1.59. The minimum absolute atomic E-state index is 0.220.